The summed E-state index contributed by atoms with van der Waals surface area (Å²) >= 11 is 0. The molecule has 0 saturated carbocycles. The number of carbonyl (C=O) groups is 1. The number of methoxy groups -OCH3 is 1. The molecule has 0 unspecified atom stereocenters. The number of ether oxygens (including phenoxy) is 1. The lowest BCUT2D eigenvalue weighted by atomic mass is 10.2. The molecule has 0 aromatic rings. The van der Waals surface area contributed by atoms with Crippen LogP contribution in [-0.4, -0.2) is 13.1 Å². The number of hydrogen-bond donors (Lipinski definition) is 0. The van der Waals surface area contributed by atoms with Crippen LogP contribution in [0.25, 0.3) is 0 Å². The van der Waals surface area contributed by atoms with Gasteiger partial charge in [-0.3, -0.25) is 4.79 Å². The first-order chi connectivity index (χ1) is 6.81. The standard InChI is InChI=1S/C12H20O2/c1-3-4-5-6-7-8-9-10-11-12(13)14-2/h5-6,9-10H,3-4,7-8,11H2,1-2H3/b6-5+,10-9+. The molecule has 0 heterocycles. The van der Waals surface area contributed by atoms with Crippen LogP contribution < -0.4 is 0 Å². The zero-order chi connectivity index (χ0) is 10.6. The number of unbranched alkanes of at least 4 members (excludes halogenated alkanes) is 2. The molecule has 0 rings (SSSR count). The van der Waals surface area contributed by atoms with Crippen molar-refractivity contribution in [2.45, 2.75) is 39.0 Å². The van der Waals surface area contributed by atoms with Crippen molar-refractivity contribution in [1.82, 2.24) is 0 Å². The average molecular weight is 196 g/mol. The Morgan fingerprint density at radius 3 is 2.21 bits per heavy atom. The van der Waals surface area contributed by atoms with Crippen molar-refractivity contribution in [3.63, 3.8) is 0 Å². The van der Waals surface area contributed by atoms with Gasteiger partial charge in [0.25, 0.3) is 0 Å². The fourth-order valence-electron chi connectivity index (χ4n) is 0.976. The summed E-state index contributed by atoms with van der Waals surface area (Å²) in [7, 11) is 1.41. The molecule has 0 radical (unpaired) electrons. The van der Waals surface area contributed by atoms with Crippen LogP contribution in [0.15, 0.2) is 24.3 Å². The second-order valence-corrected chi connectivity index (χ2v) is 3.09. The molecular formula is C12H20O2. The molecule has 0 bridgehead atoms. The lowest BCUT2D eigenvalue weighted by molar-refractivity contribution is -0.139. The largest absolute Gasteiger partial charge is 0.469 e. The lowest BCUT2D eigenvalue weighted by Crippen LogP contribution is -1.96. The topological polar surface area (TPSA) is 26.3 Å². The molecule has 0 aliphatic rings. The number of allylic oxidation sites excluding steroid dienone is 3. The first-order valence-electron chi connectivity index (χ1n) is 5.18. The summed E-state index contributed by atoms with van der Waals surface area (Å²) in [6.45, 7) is 2.17. The molecule has 0 fully saturated rings. The Hall–Kier alpha value is -1.05. The van der Waals surface area contributed by atoms with E-state index in [9.17, 15) is 4.79 Å². The highest BCUT2D eigenvalue weighted by atomic mass is 16.5. The molecule has 0 atom stereocenters. The summed E-state index contributed by atoms with van der Waals surface area (Å²) in [5, 5.41) is 0. The number of hydrogen-bond acceptors (Lipinski definition) is 2. The van der Waals surface area contributed by atoms with Crippen molar-refractivity contribution in [2.24, 2.45) is 0 Å². The highest BCUT2D eigenvalue weighted by molar-refractivity contribution is 5.70. The quantitative estimate of drug-likeness (QED) is 0.355. The van der Waals surface area contributed by atoms with Crippen LogP contribution >= 0.6 is 0 Å². The van der Waals surface area contributed by atoms with Crippen LogP contribution in [0.5, 0.6) is 0 Å². The summed E-state index contributed by atoms with van der Waals surface area (Å²) < 4.78 is 4.51. The van der Waals surface area contributed by atoms with Gasteiger partial charge in [-0.1, -0.05) is 37.6 Å². The Kier molecular flexibility index (Phi) is 9.28. The third kappa shape index (κ3) is 9.04. The second kappa shape index (κ2) is 10.0. The van der Waals surface area contributed by atoms with Gasteiger partial charge < -0.3 is 4.74 Å². The van der Waals surface area contributed by atoms with Crippen LogP contribution in [0, 0.1) is 0 Å². The summed E-state index contributed by atoms with van der Waals surface area (Å²) in [6, 6.07) is 0. The van der Waals surface area contributed by atoms with Crippen molar-refractivity contribution in [3.05, 3.63) is 24.3 Å². The van der Waals surface area contributed by atoms with E-state index in [2.05, 4.69) is 23.8 Å². The molecule has 0 spiro atoms. The van der Waals surface area contributed by atoms with Crippen molar-refractivity contribution in [3.8, 4) is 0 Å². The molecule has 2 nitrogen and oxygen atoms in total. The SMILES string of the molecule is CCC/C=C/CC/C=C/CC(=O)OC. The molecule has 0 amide bonds. The molecular weight excluding hydrogens is 176 g/mol. The van der Waals surface area contributed by atoms with Gasteiger partial charge in [0.05, 0.1) is 13.5 Å². The van der Waals surface area contributed by atoms with E-state index in [1.807, 2.05) is 12.2 Å². The van der Waals surface area contributed by atoms with Crippen molar-refractivity contribution in [1.29, 1.82) is 0 Å². The molecule has 14 heavy (non-hydrogen) atoms. The third-order valence-electron chi connectivity index (χ3n) is 1.80. The van der Waals surface area contributed by atoms with Gasteiger partial charge in [0.1, 0.15) is 0 Å². The summed E-state index contributed by atoms with van der Waals surface area (Å²) in [6.07, 6.45) is 13.1. The molecule has 80 valence electrons. The summed E-state index contributed by atoms with van der Waals surface area (Å²) in [5.41, 5.74) is 0. The normalized spacial score (nSPS) is 11.3. The number of esters is 1. The second-order valence-electron chi connectivity index (χ2n) is 3.09. The Morgan fingerprint density at radius 2 is 1.64 bits per heavy atom. The van der Waals surface area contributed by atoms with Crippen molar-refractivity contribution >= 4 is 5.97 Å². The van der Waals surface area contributed by atoms with Crippen LogP contribution in [0.2, 0.25) is 0 Å². The number of rotatable bonds is 7. The molecule has 0 saturated heterocycles. The summed E-state index contributed by atoms with van der Waals surface area (Å²) in [5.74, 6) is -0.178. The van der Waals surface area contributed by atoms with Gasteiger partial charge in [-0.2, -0.15) is 0 Å². The van der Waals surface area contributed by atoms with E-state index in [4.69, 9.17) is 0 Å². The van der Waals surface area contributed by atoms with Crippen LogP contribution in [-0.2, 0) is 9.53 Å². The predicted molar refractivity (Wildman–Crippen MR) is 59.1 cm³/mol. The van der Waals surface area contributed by atoms with E-state index in [1.165, 1.54) is 13.5 Å². The molecule has 0 aromatic heterocycles. The minimum absolute atomic E-state index is 0.178. The highest BCUT2D eigenvalue weighted by Crippen LogP contribution is 1.97. The van der Waals surface area contributed by atoms with E-state index in [0.717, 1.165) is 19.3 Å². The maximum absolute atomic E-state index is 10.7. The van der Waals surface area contributed by atoms with Crippen LogP contribution in [0.4, 0.5) is 0 Å². The lowest BCUT2D eigenvalue weighted by Gasteiger charge is -1.91. The van der Waals surface area contributed by atoms with Gasteiger partial charge in [0.15, 0.2) is 0 Å². The fourth-order valence-corrected chi connectivity index (χ4v) is 0.976. The smallest absolute Gasteiger partial charge is 0.309 e. The van der Waals surface area contributed by atoms with Gasteiger partial charge in [-0.25, -0.2) is 0 Å². The first kappa shape index (κ1) is 12.9. The predicted octanol–water partition coefficient (Wildman–Crippen LogP) is 3.24. The van der Waals surface area contributed by atoms with E-state index < -0.39 is 0 Å². The highest BCUT2D eigenvalue weighted by Gasteiger charge is 1.92. The van der Waals surface area contributed by atoms with Gasteiger partial charge >= 0.3 is 5.97 Å². The molecule has 0 aliphatic carbocycles. The van der Waals surface area contributed by atoms with Crippen molar-refractivity contribution in [2.75, 3.05) is 7.11 Å². The molecule has 0 aliphatic heterocycles. The third-order valence-corrected chi connectivity index (χ3v) is 1.80. The number of carbonyl (C=O) groups excluding carboxylic acids is 1. The van der Waals surface area contributed by atoms with Crippen LogP contribution in [0.1, 0.15) is 39.0 Å². The van der Waals surface area contributed by atoms with Crippen LogP contribution in [0.3, 0.4) is 0 Å². The molecule has 0 N–H and O–H groups in total. The van der Waals surface area contributed by atoms with Gasteiger partial charge in [0.2, 0.25) is 0 Å². The Morgan fingerprint density at radius 1 is 1.07 bits per heavy atom. The van der Waals surface area contributed by atoms with E-state index in [0.29, 0.717) is 6.42 Å². The van der Waals surface area contributed by atoms with Crippen molar-refractivity contribution < 1.29 is 9.53 Å². The van der Waals surface area contributed by atoms with Gasteiger partial charge in [-0.15, -0.1) is 0 Å². The van der Waals surface area contributed by atoms with Gasteiger partial charge in [-0.05, 0) is 19.3 Å². The maximum Gasteiger partial charge on any atom is 0.309 e. The maximum atomic E-state index is 10.7. The monoisotopic (exact) mass is 196 g/mol. The fraction of sp³-hybridized carbons (Fsp3) is 0.583. The van der Waals surface area contributed by atoms with Gasteiger partial charge in [0, 0.05) is 0 Å². The Labute approximate surface area is 86.6 Å². The van der Waals surface area contributed by atoms with E-state index >= 15 is 0 Å². The first-order valence-corrected chi connectivity index (χ1v) is 5.18. The average Bonchev–Trinajstić information content (AvgIpc) is 2.21. The zero-order valence-corrected chi connectivity index (χ0v) is 9.16. The molecule has 0 aromatic carbocycles. The Balaban J connectivity index is 3.31. The van der Waals surface area contributed by atoms with E-state index in [1.54, 1.807) is 0 Å². The summed E-state index contributed by atoms with van der Waals surface area (Å²) in [4.78, 5) is 10.7. The molecule has 2 heteroatoms. The zero-order valence-electron chi connectivity index (χ0n) is 9.16. The Bertz CT molecular complexity index is 192. The minimum atomic E-state index is -0.178. The van der Waals surface area contributed by atoms with E-state index in [-0.39, 0.29) is 5.97 Å². The minimum Gasteiger partial charge on any atom is -0.469 e.